The molecular weight excluding hydrogens is 286 g/mol. The maximum Gasteiger partial charge on any atom is 0.248 e. The van der Waals surface area contributed by atoms with Gasteiger partial charge in [0, 0.05) is 17.0 Å². The number of amides is 1. The number of thiophene rings is 1. The third-order valence-corrected chi connectivity index (χ3v) is 3.94. The molecule has 5 heteroatoms. The molecule has 2 aromatic rings. The normalized spacial score (nSPS) is 10.6. The number of ether oxygens (including phenoxy) is 2. The van der Waals surface area contributed by atoms with E-state index in [1.807, 2.05) is 24.4 Å². The molecule has 0 saturated heterocycles. The number of benzene rings is 1. The number of anilines is 1. The monoisotopic (exact) mass is 303 g/mol. The molecule has 4 nitrogen and oxygen atoms in total. The van der Waals surface area contributed by atoms with Gasteiger partial charge in [0.15, 0.2) is 0 Å². The van der Waals surface area contributed by atoms with Gasteiger partial charge in [0.05, 0.1) is 19.9 Å². The lowest BCUT2D eigenvalue weighted by atomic mass is 10.2. The Hall–Kier alpha value is -2.27. The molecule has 1 aromatic heterocycles. The summed E-state index contributed by atoms with van der Waals surface area (Å²) in [5.41, 5.74) is 1.73. The highest BCUT2D eigenvalue weighted by molar-refractivity contribution is 7.11. The van der Waals surface area contributed by atoms with Crippen molar-refractivity contribution in [2.75, 3.05) is 19.5 Å². The van der Waals surface area contributed by atoms with Crippen molar-refractivity contribution in [3.8, 4) is 11.5 Å². The van der Waals surface area contributed by atoms with Crippen molar-refractivity contribution < 1.29 is 14.3 Å². The van der Waals surface area contributed by atoms with E-state index in [0.29, 0.717) is 17.2 Å². The quantitative estimate of drug-likeness (QED) is 0.856. The SMILES string of the molecule is COc1ccc(OC)c(NC(=O)/C=C/c2sccc2C)c1. The molecule has 1 aromatic carbocycles. The number of methoxy groups -OCH3 is 2. The molecule has 0 saturated carbocycles. The molecule has 0 fully saturated rings. The van der Waals surface area contributed by atoms with Gasteiger partial charge in [-0.3, -0.25) is 4.79 Å². The first-order valence-electron chi connectivity index (χ1n) is 6.39. The Labute approximate surface area is 128 Å². The van der Waals surface area contributed by atoms with Crippen molar-refractivity contribution in [1.82, 2.24) is 0 Å². The van der Waals surface area contributed by atoms with Gasteiger partial charge in [-0.25, -0.2) is 0 Å². The summed E-state index contributed by atoms with van der Waals surface area (Å²) in [5, 5.41) is 4.79. The molecule has 0 radical (unpaired) electrons. The van der Waals surface area contributed by atoms with Crippen LogP contribution in [0.4, 0.5) is 5.69 Å². The first-order chi connectivity index (χ1) is 10.1. The van der Waals surface area contributed by atoms with Crippen LogP contribution in [0, 0.1) is 6.92 Å². The van der Waals surface area contributed by atoms with E-state index in [-0.39, 0.29) is 5.91 Å². The molecule has 0 aliphatic rings. The van der Waals surface area contributed by atoms with Crippen molar-refractivity contribution >= 4 is 29.0 Å². The molecule has 0 aliphatic heterocycles. The van der Waals surface area contributed by atoms with Crippen LogP contribution in [0.3, 0.4) is 0 Å². The van der Waals surface area contributed by atoms with Crippen LogP contribution in [-0.2, 0) is 4.79 Å². The molecule has 0 bridgehead atoms. The smallest absolute Gasteiger partial charge is 0.248 e. The predicted molar refractivity (Wildman–Crippen MR) is 86.3 cm³/mol. The van der Waals surface area contributed by atoms with Crippen LogP contribution >= 0.6 is 11.3 Å². The number of carbonyl (C=O) groups excluding carboxylic acids is 1. The first kappa shape index (κ1) is 15.1. The third-order valence-electron chi connectivity index (χ3n) is 2.95. The first-order valence-corrected chi connectivity index (χ1v) is 7.27. The van der Waals surface area contributed by atoms with Gasteiger partial charge in [0.25, 0.3) is 0 Å². The van der Waals surface area contributed by atoms with Gasteiger partial charge in [0.1, 0.15) is 11.5 Å². The summed E-state index contributed by atoms with van der Waals surface area (Å²) < 4.78 is 10.4. The van der Waals surface area contributed by atoms with Crippen molar-refractivity contribution in [1.29, 1.82) is 0 Å². The zero-order chi connectivity index (χ0) is 15.2. The van der Waals surface area contributed by atoms with E-state index in [1.165, 1.54) is 6.08 Å². The topological polar surface area (TPSA) is 47.6 Å². The van der Waals surface area contributed by atoms with Crippen molar-refractivity contribution in [3.05, 3.63) is 46.2 Å². The standard InChI is InChI=1S/C16H17NO3S/c1-11-8-9-21-15(11)6-7-16(18)17-13-10-12(19-2)4-5-14(13)20-3/h4-10H,1-3H3,(H,17,18)/b7-6+. The maximum atomic E-state index is 12.0. The second-order valence-electron chi connectivity index (χ2n) is 4.36. The lowest BCUT2D eigenvalue weighted by Crippen LogP contribution is -2.09. The number of aryl methyl sites for hydroxylation is 1. The summed E-state index contributed by atoms with van der Waals surface area (Å²) in [4.78, 5) is 13.1. The van der Waals surface area contributed by atoms with Crippen LogP contribution in [0.15, 0.2) is 35.7 Å². The molecule has 0 unspecified atom stereocenters. The third kappa shape index (κ3) is 3.86. The van der Waals surface area contributed by atoms with Crippen LogP contribution in [0.25, 0.3) is 6.08 Å². The maximum absolute atomic E-state index is 12.0. The number of carbonyl (C=O) groups is 1. The minimum atomic E-state index is -0.214. The molecule has 1 amide bonds. The van der Waals surface area contributed by atoms with Gasteiger partial charge in [0.2, 0.25) is 5.91 Å². The Morgan fingerprint density at radius 3 is 2.67 bits per heavy atom. The summed E-state index contributed by atoms with van der Waals surface area (Å²) >= 11 is 1.60. The van der Waals surface area contributed by atoms with Crippen LogP contribution < -0.4 is 14.8 Å². The molecular formula is C16H17NO3S. The van der Waals surface area contributed by atoms with E-state index in [1.54, 1.807) is 43.8 Å². The summed E-state index contributed by atoms with van der Waals surface area (Å²) in [7, 11) is 3.13. The Morgan fingerprint density at radius 1 is 1.24 bits per heavy atom. The van der Waals surface area contributed by atoms with E-state index in [0.717, 1.165) is 10.4 Å². The van der Waals surface area contributed by atoms with Gasteiger partial charge in [-0.15, -0.1) is 11.3 Å². The van der Waals surface area contributed by atoms with Crippen LogP contribution in [0.5, 0.6) is 11.5 Å². The predicted octanol–water partition coefficient (Wildman–Crippen LogP) is 3.73. The van der Waals surface area contributed by atoms with Crippen LogP contribution in [0.1, 0.15) is 10.4 Å². The van der Waals surface area contributed by atoms with E-state index in [4.69, 9.17) is 9.47 Å². The Kier molecular flexibility index (Phi) is 5.00. The Balaban J connectivity index is 2.12. The zero-order valence-electron chi connectivity index (χ0n) is 12.2. The van der Waals surface area contributed by atoms with Crippen LogP contribution in [-0.4, -0.2) is 20.1 Å². The van der Waals surface area contributed by atoms with Gasteiger partial charge < -0.3 is 14.8 Å². The molecule has 1 N–H and O–H groups in total. The van der Waals surface area contributed by atoms with Gasteiger partial charge in [-0.1, -0.05) is 0 Å². The number of hydrogen-bond acceptors (Lipinski definition) is 4. The number of rotatable bonds is 5. The molecule has 1 heterocycles. The Bertz CT molecular complexity index is 661. The van der Waals surface area contributed by atoms with E-state index in [2.05, 4.69) is 5.32 Å². The fraction of sp³-hybridized carbons (Fsp3) is 0.188. The van der Waals surface area contributed by atoms with Crippen LogP contribution in [0.2, 0.25) is 0 Å². The van der Waals surface area contributed by atoms with Crippen molar-refractivity contribution in [2.24, 2.45) is 0 Å². The second kappa shape index (κ2) is 6.95. The zero-order valence-corrected chi connectivity index (χ0v) is 13.0. The summed E-state index contributed by atoms with van der Waals surface area (Å²) in [5.74, 6) is 1.03. The van der Waals surface area contributed by atoms with E-state index in [9.17, 15) is 4.79 Å². The van der Waals surface area contributed by atoms with E-state index >= 15 is 0 Å². The summed E-state index contributed by atoms with van der Waals surface area (Å²) in [6, 6.07) is 7.27. The van der Waals surface area contributed by atoms with Gasteiger partial charge in [-0.2, -0.15) is 0 Å². The van der Waals surface area contributed by atoms with Crippen molar-refractivity contribution in [3.63, 3.8) is 0 Å². The lowest BCUT2D eigenvalue weighted by molar-refractivity contribution is -0.111. The average Bonchev–Trinajstić information content (AvgIpc) is 2.90. The molecule has 21 heavy (non-hydrogen) atoms. The molecule has 110 valence electrons. The highest BCUT2D eigenvalue weighted by atomic mass is 32.1. The lowest BCUT2D eigenvalue weighted by Gasteiger charge is -2.10. The fourth-order valence-corrected chi connectivity index (χ4v) is 2.61. The molecule has 2 rings (SSSR count). The fourth-order valence-electron chi connectivity index (χ4n) is 1.79. The number of nitrogens with one attached hydrogen (secondary N) is 1. The van der Waals surface area contributed by atoms with Crippen molar-refractivity contribution in [2.45, 2.75) is 6.92 Å². The minimum absolute atomic E-state index is 0.214. The Morgan fingerprint density at radius 2 is 2.05 bits per heavy atom. The largest absolute Gasteiger partial charge is 0.497 e. The molecule has 0 atom stereocenters. The van der Waals surface area contributed by atoms with Gasteiger partial charge >= 0.3 is 0 Å². The molecule has 0 aliphatic carbocycles. The number of hydrogen-bond donors (Lipinski definition) is 1. The minimum Gasteiger partial charge on any atom is -0.497 e. The summed E-state index contributed by atoms with van der Waals surface area (Å²) in [6.45, 7) is 2.01. The van der Waals surface area contributed by atoms with Gasteiger partial charge in [-0.05, 0) is 42.1 Å². The second-order valence-corrected chi connectivity index (χ2v) is 5.30. The highest BCUT2D eigenvalue weighted by Crippen LogP contribution is 2.28. The highest BCUT2D eigenvalue weighted by Gasteiger charge is 2.07. The summed E-state index contributed by atoms with van der Waals surface area (Å²) in [6.07, 6.45) is 3.32. The average molecular weight is 303 g/mol. The molecule has 0 spiro atoms. The van der Waals surface area contributed by atoms with E-state index < -0.39 is 0 Å².